The van der Waals surface area contributed by atoms with Crippen LogP contribution < -0.4 is 9.35 Å². The predicted molar refractivity (Wildman–Crippen MR) is 129 cm³/mol. The van der Waals surface area contributed by atoms with Gasteiger partial charge in [0.15, 0.2) is 17.9 Å². The Morgan fingerprint density at radius 3 is 1.38 bits per heavy atom. The van der Waals surface area contributed by atoms with Crippen LogP contribution in [0.15, 0.2) is 70.9 Å². The molecule has 0 saturated heterocycles. The topological polar surface area (TPSA) is 48.3 Å². The van der Waals surface area contributed by atoms with Gasteiger partial charge in [-0.2, -0.15) is 10.2 Å². The third kappa shape index (κ3) is 5.74. The summed E-state index contributed by atoms with van der Waals surface area (Å²) >= 11 is 0. The maximum atomic E-state index is 12.5. The summed E-state index contributed by atoms with van der Waals surface area (Å²) in [5.41, 5.74) is 4.03. The molecule has 0 heterocycles. The summed E-state index contributed by atoms with van der Waals surface area (Å²) in [6, 6.07) is 20.5. The first-order valence-corrected chi connectivity index (χ1v) is 15.9. The molecule has 2 aromatic carbocycles. The van der Waals surface area contributed by atoms with Crippen LogP contribution in [0.5, 0.6) is 0 Å². The number of carbonyl (C=O) groups is 1. The van der Waals surface area contributed by atoms with E-state index in [9.17, 15) is 4.79 Å². The van der Waals surface area contributed by atoms with Crippen LogP contribution >= 0.6 is 0 Å². The van der Waals surface area contributed by atoms with E-state index in [1.54, 1.807) is 0 Å². The van der Waals surface area contributed by atoms with Gasteiger partial charge in [0.2, 0.25) is 0 Å². The minimum Gasteiger partial charge on any atom is -0.299 e. The zero-order chi connectivity index (χ0) is 20.8. The van der Waals surface area contributed by atoms with E-state index in [1.807, 2.05) is 36.4 Å². The van der Waals surface area contributed by atoms with Gasteiger partial charge in [-0.15, -0.1) is 0 Å². The smallest absolute Gasteiger partial charge is 0.164 e. The van der Waals surface area contributed by atoms with E-state index >= 15 is 0 Å². The van der Waals surface area contributed by atoms with E-state index < -0.39 is 17.9 Å². The molecule has 1 aliphatic rings. The van der Waals surface area contributed by atoms with E-state index in [1.165, 1.54) is 0 Å². The molecule has 1 saturated carbocycles. The van der Waals surface area contributed by atoms with Crippen molar-refractivity contribution in [3.8, 4) is 0 Å². The highest BCUT2D eigenvalue weighted by Crippen LogP contribution is 2.21. The Balaban J connectivity index is 1.88. The van der Waals surface area contributed by atoms with E-state index in [0.29, 0.717) is 19.3 Å². The van der Waals surface area contributed by atoms with Crippen LogP contribution in [0.4, 0.5) is 11.4 Å². The molecule has 29 heavy (non-hydrogen) atoms. The normalized spacial score (nSPS) is 17.4. The van der Waals surface area contributed by atoms with Crippen molar-refractivity contribution < 1.29 is 4.79 Å². The molecule has 0 atom stereocenters. The number of anilines is 2. The fourth-order valence-corrected chi connectivity index (χ4v) is 5.75. The first kappa shape index (κ1) is 21.2. The van der Waals surface area contributed by atoms with Gasteiger partial charge in [0.1, 0.15) is 5.78 Å². The second-order valence-electron chi connectivity index (χ2n) is 7.95. The molecule has 0 radical (unpaired) electrons. The quantitative estimate of drug-likeness (QED) is 0.511. The van der Waals surface area contributed by atoms with Gasteiger partial charge < -0.3 is 0 Å². The van der Waals surface area contributed by atoms with Crippen molar-refractivity contribution in [2.75, 3.05) is 9.35 Å². The molecule has 5 nitrogen and oxygen atoms in total. The number of para-hydroxylation sites is 2. The van der Waals surface area contributed by atoms with Crippen molar-refractivity contribution in [2.45, 2.75) is 45.5 Å². The predicted octanol–water partition coefficient (Wildman–Crippen LogP) is 4.43. The molecule has 0 bridgehead atoms. The summed E-state index contributed by atoms with van der Waals surface area (Å²) in [6.45, 7) is 8.99. The van der Waals surface area contributed by atoms with Crippen LogP contribution in [0.2, 0.25) is 26.2 Å². The van der Waals surface area contributed by atoms with Crippen LogP contribution in [0.1, 0.15) is 19.3 Å². The van der Waals surface area contributed by atoms with Gasteiger partial charge >= 0.3 is 0 Å². The van der Waals surface area contributed by atoms with E-state index in [2.05, 4.69) is 59.8 Å². The molecule has 1 fully saturated rings. The van der Waals surface area contributed by atoms with Crippen LogP contribution in [-0.2, 0) is 4.79 Å². The number of carbonyl (C=O) groups excluding carboxylic acids is 1. The molecule has 152 valence electrons. The molecule has 0 spiro atoms. The molecule has 0 N–H and O–H groups in total. The first-order chi connectivity index (χ1) is 13.9. The summed E-state index contributed by atoms with van der Waals surface area (Å²) in [4.78, 5) is 12.5. The Morgan fingerprint density at radius 1 is 0.655 bits per heavy atom. The molecule has 0 amide bonds. The number of ketones is 1. The standard InChI is InChI=1S/C22H30N4OSi2/c1-28(2)25(20-11-7-5-8-12-20)23-18-15-19(17-22(27)16-18)24-26(29(3)4)21-13-9-6-10-14-21/h5-14,28-29H,15-17H2,1-4H3. The molecular weight excluding hydrogens is 392 g/mol. The molecule has 0 aliphatic heterocycles. The van der Waals surface area contributed by atoms with Crippen molar-refractivity contribution in [1.82, 2.24) is 0 Å². The fourth-order valence-electron chi connectivity index (χ4n) is 3.43. The average molecular weight is 423 g/mol. The van der Waals surface area contributed by atoms with E-state index in [4.69, 9.17) is 10.2 Å². The molecular formula is C22H30N4OSi2. The summed E-state index contributed by atoms with van der Waals surface area (Å²) in [6.07, 6.45) is 1.52. The van der Waals surface area contributed by atoms with Crippen molar-refractivity contribution in [3.05, 3.63) is 60.7 Å². The van der Waals surface area contributed by atoms with E-state index in [-0.39, 0.29) is 5.78 Å². The van der Waals surface area contributed by atoms with Crippen molar-refractivity contribution in [1.29, 1.82) is 0 Å². The van der Waals surface area contributed by atoms with Crippen LogP contribution in [-0.4, -0.2) is 35.1 Å². The molecule has 1 aliphatic carbocycles. The van der Waals surface area contributed by atoms with Gasteiger partial charge in [0.05, 0.1) is 11.4 Å². The number of benzene rings is 2. The monoisotopic (exact) mass is 422 g/mol. The van der Waals surface area contributed by atoms with Crippen LogP contribution in [0, 0.1) is 0 Å². The number of Topliss-reactive ketones (excluding diaryl/α,β-unsaturated/α-hetero) is 1. The maximum Gasteiger partial charge on any atom is 0.164 e. The number of nitrogens with zero attached hydrogens (tertiary/aromatic N) is 4. The Labute approximate surface area is 177 Å². The second kappa shape index (κ2) is 9.80. The lowest BCUT2D eigenvalue weighted by Crippen LogP contribution is -2.35. The van der Waals surface area contributed by atoms with Gasteiger partial charge in [0.25, 0.3) is 0 Å². The van der Waals surface area contributed by atoms with Gasteiger partial charge in [-0.05, 0) is 24.3 Å². The van der Waals surface area contributed by atoms with Gasteiger partial charge in [-0.25, -0.2) is 0 Å². The molecule has 0 aromatic heterocycles. The number of hydrogen-bond acceptors (Lipinski definition) is 5. The van der Waals surface area contributed by atoms with Crippen LogP contribution in [0.25, 0.3) is 0 Å². The lowest BCUT2D eigenvalue weighted by molar-refractivity contribution is -0.117. The number of hydrazone groups is 2. The zero-order valence-corrected chi connectivity index (χ0v) is 20.1. The number of rotatable bonds is 6. The highest BCUT2D eigenvalue weighted by molar-refractivity contribution is 6.60. The molecule has 2 aromatic rings. The largest absolute Gasteiger partial charge is 0.299 e. The summed E-state index contributed by atoms with van der Waals surface area (Å²) < 4.78 is 4.27. The summed E-state index contributed by atoms with van der Waals surface area (Å²) in [7, 11) is -2.45. The lowest BCUT2D eigenvalue weighted by atomic mass is 9.95. The van der Waals surface area contributed by atoms with Gasteiger partial charge in [0, 0.05) is 30.6 Å². The highest BCUT2D eigenvalue weighted by atomic mass is 28.3. The maximum absolute atomic E-state index is 12.5. The molecule has 0 unspecified atom stereocenters. The van der Waals surface area contributed by atoms with E-state index in [0.717, 1.165) is 22.8 Å². The zero-order valence-electron chi connectivity index (χ0n) is 17.7. The second-order valence-corrected chi connectivity index (χ2v) is 13.3. The minimum absolute atomic E-state index is 0.200. The Bertz CT molecular complexity index is 811. The third-order valence-electron chi connectivity index (χ3n) is 4.73. The van der Waals surface area contributed by atoms with Gasteiger partial charge in [-0.3, -0.25) is 14.1 Å². The first-order valence-electron chi connectivity index (χ1n) is 10.3. The Hall–Kier alpha value is -2.52. The lowest BCUT2D eigenvalue weighted by Gasteiger charge is -2.28. The summed E-state index contributed by atoms with van der Waals surface area (Å²) in [5, 5.41) is 9.87. The number of hydrogen-bond donors (Lipinski definition) is 0. The Morgan fingerprint density at radius 2 is 1.03 bits per heavy atom. The molecule has 7 heteroatoms. The highest BCUT2D eigenvalue weighted by Gasteiger charge is 2.24. The van der Waals surface area contributed by atoms with Crippen molar-refractivity contribution in [3.63, 3.8) is 0 Å². The Kier molecular flexibility index (Phi) is 7.16. The third-order valence-corrected chi connectivity index (χ3v) is 7.51. The fraction of sp³-hybridized carbons (Fsp3) is 0.318. The van der Waals surface area contributed by atoms with Gasteiger partial charge in [-0.1, -0.05) is 62.6 Å². The molecule has 3 rings (SSSR count). The average Bonchev–Trinajstić information content (AvgIpc) is 2.71. The summed E-state index contributed by atoms with van der Waals surface area (Å²) in [5.74, 6) is 0.200. The van der Waals surface area contributed by atoms with Crippen molar-refractivity contribution >= 4 is 46.5 Å². The van der Waals surface area contributed by atoms with Crippen molar-refractivity contribution in [2.24, 2.45) is 10.2 Å². The SMILES string of the molecule is C[SiH](C)N(N=C1CC(=O)CC(=NN(c2ccccc2)[SiH](C)C)C1)c1ccccc1. The van der Waals surface area contributed by atoms with Crippen LogP contribution in [0.3, 0.4) is 0 Å². The minimum atomic E-state index is -1.23.